The molecular formula is C9H21NO2. The second-order valence-corrected chi connectivity index (χ2v) is 2.99. The molecule has 0 aromatic carbocycles. The molecule has 12 heavy (non-hydrogen) atoms. The molecule has 0 aromatic rings. The van der Waals surface area contributed by atoms with Crippen LogP contribution in [0.5, 0.6) is 0 Å². The first kappa shape index (κ1) is 11.9. The van der Waals surface area contributed by atoms with Crippen LogP contribution in [-0.4, -0.2) is 39.5 Å². The van der Waals surface area contributed by atoms with Crippen LogP contribution in [0.2, 0.25) is 0 Å². The van der Waals surface area contributed by atoms with E-state index < -0.39 is 0 Å². The van der Waals surface area contributed by atoms with E-state index in [1.807, 2.05) is 7.05 Å². The third-order valence-electron chi connectivity index (χ3n) is 1.93. The highest BCUT2D eigenvalue weighted by molar-refractivity contribution is 4.62. The minimum absolute atomic E-state index is 0.309. The van der Waals surface area contributed by atoms with E-state index in [0.717, 1.165) is 13.0 Å². The maximum absolute atomic E-state index is 5.55. The molecule has 0 fully saturated rings. The van der Waals surface area contributed by atoms with E-state index in [-0.39, 0.29) is 0 Å². The van der Waals surface area contributed by atoms with Crippen LogP contribution in [0.4, 0.5) is 0 Å². The summed E-state index contributed by atoms with van der Waals surface area (Å²) in [5, 5.41) is 3.13. The summed E-state index contributed by atoms with van der Waals surface area (Å²) >= 11 is 0. The van der Waals surface area contributed by atoms with Crippen LogP contribution in [0.3, 0.4) is 0 Å². The second kappa shape index (κ2) is 7.53. The molecule has 0 aliphatic rings. The Balaban J connectivity index is 3.43. The van der Waals surface area contributed by atoms with Gasteiger partial charge in [0, 0.05) is 7.11 Å². The van der Waals surface area contributed by atoms with Crippen LogP contribution in [0.1, 0.15) is 20.3 Å². The van der Waals surface area contributed by atoms with Crippen LogP contribution < -0.4 is 5.32 Å². The smallest absolute Gasteiger partial charge is 0.0645 e. The van der Waals surface area contributed by atoms with Crippen LogP contribution >= 0.6 is 0 Å². The molecule has 1 N–H and O–H groups in total. The van der Waals surface area contributed by atoms with Crippen molar-refractivity contribution in [2.45, 2.75) is 32.4 Å². The zero-order valence-electron chi connectivity index (χ0n) is 8.59. The predicted octanol–water partition coefficient (Wildman–Crippen LogP) is 1.04. The zero-order valence-corrected chi connectivity index (χ0v) is 8.59. The van der Waals surface area contributed by atoms with Gasteiger partial charge in [0.25, 0.3) is 0 Å². The van der Waals surface area contributed by atoms with E-state index >= 15 is 0 Å². The normalized spacial score (nSPS) is 16.0. The summed E-state index contributed by atoms with van der Waals surface area (Å²) < 4.78 is 10.6. The highest BCUT2D eigenvalue weighted by Crippen LogP contribution is 1.97. The standard InChI is InChI=1S/C9H21NO2/c1-5-8(2)12-7-9(10-3)6-11-4/h8-10H,5-7H2,1-4H3. The monoisotopic (exact) mass is 175 g/mol. The van der Waals surface area contributed by atoms with Gasteiger partial charge in [0.1, 0.15) is 0 Å². The average molecular weight is 175 g/mol. The Morgan fingerprint density at radius 3 is 2.42 bits per heavy atom. The molecule has 2 unspecified atom stereocenters. The summed E-state index contributed by atoms with van der Waals surface area (Å²) in [6.45, 7) is 5.63. The Hall–Kier alpha value is -0.120. The van der Waals surface area contributed by atoms with E-state index in [4.69, 9.17) is 9.47 Å². The van der Waals surface area contributed by atoms with Crippen molar-refractivity contribution in [1.82, 2.24) is 5.32 Å². The first-order valence-corrected chi connectivity index (χ1v) is 4.52. The lowest BCUT2D eigenvalue weighted by molar-refractivity contribution is 0.0305. The maximum atomic E-state index is 5.55. The molecule has 0 saturated heterocycles. The van der Waals surface area contributed by atoms with Gasteiger partial charge in [0.2, 0.25) is 0 Å². The molecule has 0 aromatic heterocycles. The maximum Gasteiger partial charge on any atom is 0.0645 e. The van der Waals surface area contributed by atoms with Gasteiger partial charge in [-0.15, -0.1) is 0 Å². The number of likely N-dealkylation sites (N-methyl/N-ethyl adjacent to an activating group) is 1. The number of nitrogens with one attached hydrogen (secondary N) is 1. The molecule has 74 valence electrons. The quantitative estimate of drug-likeness (QED) is 0.627. The molecular weight excluding hydrogens is 154 g/mol. The largest absolute Gasteiger partial charge is 0.383 e. The topological polar surface area (TPSA) is 30.5 Å². The highest BCUT2D eigenvalue weighted by atomic mass is 16.5. The zero-order chi connectivity index (χ0) is 9.40. The molecule has 0 aliphatic carbocycles. The van der Waals surface area contributed by atoms with E-state index in [0.29, 0.717) is 18.8 Å². The van der Waals surface area contributed by atoms with Gasteiger partial charge in [0.15, 0.2) is 0 Å². The van der Waals surface area contributed by atoms with E-state index in [1.165, 1.54) is 0 Å². The molecule has 2 atom stereocenters. The Morgan fingerprint density at radius 1 is 1.33 bits per heavy atom. The van der Waals surface area contributed by atoms with E-state index in [1.54, 1.807) is 7.11 Å². The first-order valence-electron chi connectivity index (χ1n) is 4.52. The van der Waals surface area contributed by atoms with Crippen LogP contribution in [0.15, 0.2) is 0 Å². The summed E-state index contributed by atoms with van der Waals surface area (Å²) in [5.41, 5.74) is 0. The van der Waals surface area contributed by atoms with Gasteiger partial charge in [-0.25, -0.2) is 0 Å². The summed E-state index contributed by atoms with van der Waals surface area (Å²) in [6.07, 6.45) is 1.40. The Morgan fingerprint density at radius 2 is 2.00 bits per heavy atom. The molecule has 0 aliphatic heterocycles. The number of rotatable bonds is 7. The van der Waals surface area contributed by atoms with E-state index in [2.05, 4.69) is 19.2 Å². The summed E-state index contributed by atoms with van der Waals surface area (Å²) in [4.78, 5) is 0. The number of hydrogen-bond acceptors (Lipinski definition) is 3. The number of methoxy groups -OCH3 is 1. The van der Waals surface area contributed by atoms with Crippen molar-refractivity contribution in [2.24, 2.45) is 0 Å². The van der Waals surface area contributed by atoms with Crippen molar-refractivity contribution < 1.29 is 9.47 Å². The van der Waals surface area contributed by atoms with Crippen molar-refractivity contribution in [3.8, 4) is 0 Å². The molecule has 0 rings (SSSR count). The van der Waals surface area contributed by atoms with Crippen molar-refractivity contribution in [2.75, 3.05) is 27.4 Å². The van der Waals surface area contributed by atoms with Crippen molar-refractivity contribution in [3.63, 3.8) is 0 Å². The van der Waals surface area contributed by atoms with Crippen LogP contribution in [-0.2, 0) is 9.47 Å². The number of hydrogen-bond donors (Lipinski definition) is 1. The fourth-order valence-electron chi connectivity index (χ4n) is 0.814. The SMILES string of the molecule is CCC(C)OCC(COC)NC. The summed E-state index contributed by atoms with van der Waals surface area (Å²) in [7, 11) is 3.62. The van der Waals surface area contributed by atoms with Gasteiger partial charge >= 0.3 is 0 Å². The first-order chi connectivity index (χ1) is 5.74. The minimum Gasteiger partial charge on any atom is -0.383 e. The molecule has 3 heteroatoms. The Labute approximate surface area is 75.4 Å². The van der Waals surface area contributed by atoms with Gasteiger partial charge in [-0.2, -0.15) is 0 Å². The number of ether oxygens (including phenoxy) is 2. The lowest BCUT2D eigenvalue weighted by Crippen LogP contribution is -2.35. The summed E-state index contributed by atoms with van der Waals surface area (Å²) in [6, 6.07) is 0.309. The Bertz CT molecular complexity index is 98.5. The lowest BCUT2D eigenvalue weighted by atomic mass is 10.3. The van der Waals surface area contributed by atoms with Crippen LogP contribution in [0, 0.1) is 0 Å². The fraction of sp³-hybridized carbons (Fsp3) is 1.00. The van der Waals surface area contributed by atoms with Gasteiger partial charge in [0.05, 0.1) is 25.4 Å². The molecule has 0 heterocycles. The van der Waals surface area contributed by atoms with Crippen molar-refractivity contribution in [1.29, 1.82) is 0 Å². The summed E-state index contributed by atoms with van der Waals surface area (Å²) in [5.74, 6) is 0. The molecule has 0 saturated carbocycles. The lowest BCUT2D eigenvalue weighted by Gasteiger charge is -2.18. The van der Waals surface area contributed by atoms with Crippen molar-refractivity contribution in [3.05, 3.63) is 0 Å². The molecule has 3 nitrogen and oxygen atoms in total. The van der Waals surface area contributed by atoms with Gasteiger partial charge in [-0.3, -0.25) is 0 Å². The second-order valence-electron chi connectivity index (χ2n) is 2.99. The van der Waals surface area contributed by atoms with Gasteiger partial charge in [-0.1, -0.05) is 6.92 Å². The van der Waals surface area contributed by atoms with Gasteiger partial charge in [-0.05, 0) is 20.4 Å². The third-order valence-corrected chi connectivity index (χ3v) is 1.93. The Kier molecular flexibility index (Phi) is 7.45. The van der Waals surface area contributed by atoms with Gasteiger partial charge < -0.3 is 14.8 Å². The molecule has 0 amide bonds. The van der Waals surface area contributed by atoms with Crippen molar-refractivity contribution >= 4 is 0 Å². The minimum atomic E-state index is 0.309. The fourth-order valence-corrected chi connectivity index (χ4v) is 0.814. The van der Waals surface area contributed by atoms with E-state index in [9.17, 15) is 0 Å². The highest BCUT2D eigenvalue weighted by Gasteiger charge is 2.07. The molecule has 0 bridgehead atoms. The molecule has 0 spiro atoms. The predicted molar refractivity (Wildman–Crippen MR) is 50.4 cm³/mol. The average Bonchev–Trinajstić information content (AvgIpc) is 2.11. The molecule has 0 radical (unpaired) electrons. The third kappa shape index (κ3) is 5.52. The van der Waals surface area contributed by atoms with Crippen LogP contribution in [0.25, 0.3) is 0 Å².